The van der Waals surface area contributed by atoms with E-state index >= 15 is 0 Å². The summed E-state index contributed by atoms with van der Waals surface area (Å²) in [7, 11) is 0. The number of benzene rings is 1. The molecule has 6 heteroatoms. The van der Waals surface area contributed by atoms with Crippen LogP contribution in [0.15, 0.2) is 18.2 Å². The lowest BCUT2D eigenvalue weighted by Crippen LogP contribution is -2.51. The van der Waals surface area contributed by atoms with Crippen molar-refractivity contribution in [3.05, 3.63) is 29.8 Å². The second kappa shape index (κ2) is 5.79. The van der Waals surface area contributed by atoms with Gasteiger partial charge in [-0.15, -0.1) is 0 Å². The van der Waals surface area contributed by atoms with Gasteiger partial charge in [0.1, 0.15) is 22.7 Å². The highest BCUT2D eigenvalue weighted by Crippen LogP contribution is 2.23. The Balaban J connectivity index is 2.94. The van der Waals surface area contributed by atoms with Crippen LogP contribution in [0.4, 0.5) is 14.5 Å². The van der Waals surface area contributed by atoms with E-state index in [0.717, 1.165) is 12.1 Å². The number of hydrogen-bond donors (Lipinski definition) is 2. The third kappa shape index (κ3) is 4.24. The zero-order chi connectivity index (χ0) is 16.4. The van der Waals surface area contributed by atoms with Crippen LogP contribution in [0, 0.1) is 17.0 Å². The van der Waals surface area contributed by atoms with Crippen LogP contribution in [0.5, 0.6) is 0 Å². The molecule has 0 aliphatic rings. The van der Waals surface area contributed by atoms with Gasteiger partial charge in [0.25, 0.3) is 0 Å². The average Bonchev–Trinajstić information content (AvgIpc) is 2.31. The van der Waals surface area contributed by atoms with Gasteiger partial charge < -0.3 is 10.6 Å². The molecule has 0 unspecified atom stereocenters. The van der Waals surface area contributed by atoms with E-state index in [9.17, 15) is 18.4 Å². The summed E-state index contributed by atoms with van der Waals surface area (Å²) in [5.41, 5.74) is -2.54. The van der Waals surface area contributed by atoms with Crippen LogP contribution >= 0.6 is 0 Å². The summed E-state index contributed by atoms with van der Waals surface area (Å²) in [5, 5.41) is 4.80. The van der Waals surface area contributed by atoms with Gasteiger partial charge in [0, 0.05) is 5.54 Å². The number of nitrogens with one attached hydrogen (secondary N) is 2. The molecule has 4 nitrogen and oxygen atoms in total. The molecule has 1 aromatic carbocycles. The van der Waals surface area contributed by atoms with Gasteiger partial charge in [-0.05, 0) is 46.8 Å². The van der Waals surface area contributed by atoms with Crippen molar-refractivity contribution in [3.63, 3.8) is 0 Å². The highest BCUT2D eigenvalue weighted by molar-refractivity contribution is 6.10. The normalized spacial score (nSPS) is 12.0. The predicted octanol–water partition coefficient (Wildman–Crippen LogP) is 2.84. The molecule has 1 aromatic rings. The molecule has 0 aliphatic heterocycles. The number of para-hydroxylation sites is 1. The molecule has 21 heavy (non-hydrogen) atoms. The van der Waals surface area contributed by atoms with Crippen LogP contribution < -0.4 is 10.6 Å². The summed E-state index contributed by atoms with van der Waals surface area (Å²) >= 11 is 0. The highest BCUT2D eigenvalue weighted by Gasteiger charge is 2.38. The fourth-order valence-corrected chi connectivity index (χ4v) is 1.49. The predicted molar refractivity (Wildman–Crippen MR) is 76.7 cm³/mol. The third-order valence-electron chi connectivity index (χ3n) is 2.83. The van der Waals surface area contributed by atoms with Crippen molar-refractivity contribution in [2.24, 2.45) is 5.41 Å². The van der Waals surface area contributed by atoms with Gasteiger partial charge in [0.15, 0.2) is 0 Å². The molecule has 116 valence electrons. The van der Waals surface area contributed by atoms with Crippen LogP contribution in [0.2, 0.25) is 0 Å². The molecular formula is C15H20F2N2O2. The van der Waals surface area contributed by atoms with E-state index in [2.05, 4.69) is 10.6 Å². The van der Waals surface area contributed by atoms with Crippen molar-refractivity contribution < 1.29 is 18.4 Å². The van der Waals surface area contributed by atoms with Crippen LogP contribution in [0.25, 0.3) is 0 Å². The number of halogens is 2. The van der Waals surface area contributed by atoms with E-state index in [0.29, 0.717) is 0 Å². The Labute approximate surface area is 122 Å². The van der Waals surface area contributed by atoms with Gasteiger partial charge in [0.2, 0.25) is 11.8 Å². The Morgan fingerprint density at radius 3 is 1.86 bits per heavy atom. The van der Waals surface area contributed by atoms with Crippen LogP contribution in [-0.4, -0.2) is 17.4 Å². The third-order valence-corrected chi connectivity index (χ3v) is 2.83. The van der Waals surface area contributed by atoms with Crippen molar-refractivity contribution in [1.82, 2.24) is 5.32 Å². The second-order valence-electron chi connectivity index (χ2n) is 6.38. The first-order valence-corrected chi connectivity index (χ1v) is 6.53. The number of carbonyl (C=O) groups excluding carboxylic acids is 2. The van der Waals surface area contributed by atoms with E-state index in [-0.39, 0.29) is 0 Å². The Morgan fingerprint density at radius 1 is 0.952 bits per heavy atom. The van der Waals surface area contributed by atoms with Gasteiger partial charge >= 0.3 is 0 Å². The quantitative estimate of drug-likeness (QED) is 0.843. The molecule has 0 heterocycles. The van der Waals surface area contributed by atoms with Gasteiger partial charge in [0.05, 0.1) is 0 Å². The number of anilines is 1. The number of carbonyl (C=O) groups is 2. The monoisotopic (exact) mass is 298 g/mol. The Morgan fingerprint density at radius 2 is 1.43 bits per heavy atom. The fourth-order valence-electron chi connectivity index (χ4n) is 1.49. The molecule has 0 atom stereocenters. The Kier molecular flexibility index (Phi) is 4.71. The minimum Gasteiger partial charge on any atom is -0.351 e. The molecule has 0 aromatic heterocycles. The van der Waals surface area contributed by atoms with Gasteiger partial charge in [-0.25, -0.2) is 8.78 Å². The standard InChI is InChI=1S/C15H20F2N2O2/c1-14(2,3)19-13(21)15(4,5)12(20)18-11-9(16)7-6-8-10(11)17/h6-8H,1-5H3,(H,18,20)(H,19,21). The first-order valence-electron chi connectivity index (χ1n) is 6.53. The fraction of sp³-hybridized carbons (Fsp3) is 0.467. The minimum atomic E-state index is -1.47. The maximum atomic E-state index is 13.5. The van der Waals surface area contributed by atoms with Gasteiger partial charge in [-0.2, -0.15) is 0 Å². The number of rotatable bonds is 3. The zero-order valence-corrected chi connectivity index (χ0v) is 12.8. The van der Waals surface area contributed by atoms with Gasteiger partial charge in [-0.3, -0.25) is 9.59 Å². The number of hydrogen-bond acceptors (Lipinski definition) is 2. The first kappa shape index (κ1) is 17.1. The summed E-state index contributed by atoms with van der Waals surface area (Å²) < 4.78 is 27.0. The summed E-state index contributed by atoms with van der Waals surface area (Å²) in [6.45, 7) is 8.10. The van der Waals surface area contributed by atoms with E-state index in [1.54, 1.807) is 20.8 Å². The zero-order valence-electron chi connectivity index (χ0n) is 12.8. The van der Waals surface area contributed by atoms with Crippen molar-refractivity contribution in [1.29, 1.82) is 0 Å². The molecule has 0 spiro atoms. The Bertz CT molecular complexity index is 543. The van der Waals surface area contributed by atoms with E-state index in [4.69, 9.17) is 0 Å². The summed E-state index contributed by atoms with van der Waals surface area (Å²) in [6.07, 6.45) is 0. The summed E-state index contributed by atoms with van der Waals surface area (Å²) in [6, 6.07) is 3.25. The van der Waals surface area contributed by atoms with E-state index < -0.39 is 40.1 Å². The SMILES string of the molecule is CC(C)(C)NC(=O)C(C)(C)C(=O)Nc1c(F)cccc1F. The average molecular weight is 298 g/mol. The lowest BCUT2D eigenvalue weighted by Gasteiger charge is -2.28. The van der Waals surface area contributed by atoms with Gasteiger partial charge in [-0.1, -0.05) is 6.07 Å². The largest absolute Gasteiger partial charge is 0.351 e. The smallest absolute Gasteiger partial charge is 0.239 e. The molecular weight excluding hydrogens is 278 g/mol. The van der Waals surface area contributed by atoms with Crippen LogP contribution in [-0.2, 0) is 9.59 Å². The maximum Gasteiger partial charge on any atom is 0.239 e. The molecule has 0 radical (unpaired) electrons. The van der Waals surface area contributed by atoms with E-state index in [1.807, 2.05) is 0 Å². The molecule has 0 saturated heterocycles. The minimum absolute atomic E-state index is 0.516. The summed E-state index contributed by atoms with van der Waals surface area (Å²) in [5.74, 6) is -3.09. The van der Waals surface area contributed by atoms with Crippen LogP contribution in [0.3, 0.4) is 0 Å². The Hall–Kier alpha value is -1.98. The van der Waals surface area contributed by atoms with Crippen molar-refractivity contribution in [3.8, 4) is 0 Å². The second-order valence-corrected chi connectivity index (χ2v) is 6.38. The lowest BCUT2D eigenvalue weighted by atomic mass is 9.89. The number of amides is 2. The maximum absolute atomic E-state index is 13.5. The highest BCUT2D eigenvalue weighted by atomic mass is 19.1. The van der Waals surface area contributed by atoms with Crippen molar-refractivity contribution >= 4 is 17.5 Å². The van der Waals surface area contributed by atoms with Crippen LogP contribution in [0.1, 0.15) is 34.6 Å². The summed E-state index contributed by atoms with van der Waals surface area (Å²) in [4.78, 5) is 24.3. The topological polar surface area (TPSA) is 58.2 Å². The molecule has 0 fully saturated rings. The molecule has 0 aliphatic carbocycles. The molecule has 2 amide bonds. The molecule has 0 saturated carbocycles. The molecule has 2 N–H and O–H groups in total. The molecule has 0 bridgehead atoms. The molecule has 1 rings (SSSR count). The van der Waals surface area contributed by atoms with Crippen molar-refractivity contribution in [2.75, 3.05) is 5.32 Å². The lowest BCUT2D eigenvalue weighted by molar-refractivity contribution is -0.139. The van der Waals surface area contributed by atoms with Crippen molar-refractivity contribution in [2.45, 2.75) is 40.2 Å². The first-order chi connectivity index (χ1) is 9.45. The van der Waals surface area contributed by atoms with E-state index in [1.165, 1.54) is 19.9 Å².